The van der Waals surface area contributed by atoms with Crippen molar-refractivity contribution in [1.82, 2.24) is 0 Å². The first-order valence-electron chi connectivity index (χ1n) is 9.57. The van der Waals surface area contributed by atoms with Crippen molar-refractivity contribution in [3.63, 3.8) is 0 Å². The first kappa shape index (κ1) is 26.3. The van der Waals surface area contributed by atoms with Crippen molar-refractivity contribution in [2.45, 2.75) is 52.9 Å². The Balaban J connectivity index is 3.24. The number of terminal acetylenes is 1. The van der Waals surface area contributed by atoms with Gasteiger partial charge < -0.3 is 4.74 Å². The van der Waals surface area contributed by atoms with Gasteiger partial charge in [0.2, 0.25) is 0 Å². The number of halogens is 6. The smallest absolute Gasteiger partial charge is 0.416 e. The van der Waals surface area contributed by atoms with E-state index in [1.807, 2.05) is 27.7 Å². The highest BCUT2D eigenvalue weighted by molar-refractivity contribution is 5.95. The average Bonchev–Trinajstić information content (AvgIpc) is 2.64. The zero-order chi connectivity index (χ0) is 24.0. The van der Waals surface area contributed by atoms with Crippen LogP contribution in [-0.4, -0.2) is 5.97 Å². The second-order valence-electron chi connectivity index (χ2n) is 7.41. The van der Waals surface area contributed by atoms with Gasteiger partial charge in [0.15, 0.2) is 0 Å². The van der Waals surface area contributed by atoms with Crippen LogP contribution in [0.15, 0.2) is 41.5 Å². The van der Waals surface area contributed by atoms with Gasteiger partial charge in [-0.25, -0.2) is 4.79 Å². The molecule has 0 spiro atoms. The highest BCUT2D eigenvalue weighted by atomic mass is 19.4. The van der Waals surface area contributed by atoms with Crippen molar-refractivity contribution in [3.05, 3.63) is 52.6 Å². The zero-order valence-corrected chi connectivity index (χ0v) is 17.6. The molecule has 31 heavy (non-hydrogen) atoms. The van der Waals surface area contributed by atoms with Crippen LogP contribution in [0.4, 0.5) is 26.3 Å². The molecule has 0 bridgehead atoms. The van der Waals surface area contributed by atoms with Crippen molar-refractivity contribution in [2.75, 3.05) is 0 Å². The molecule has 2 nitrogen and oxygen atoms in total. The van der Waals surface area contributed by atoms with E-state index in [4.69, 9.17) is 11.2 Å². The number of hydrogen-bond acceptors (Lipinski definition) is 2. The van der Waals surface area contributed by atoms with E-state index in [-0.39, 0.29) is 17.6 Å². The highest BCUT2D eigenvalue weighted by Crippen LogP contribution is 2.38. The van der Waals surface area contributed by atoms with Gasteiger partial charge in [0, 0.05) is 0 Å². The van der Waals surface area contributed by atoms with Crippen molar-refractivity contribution < 1.29 is 35.9 Å². The first-order valence-corrected chi connectivity index (χ1v) is 9.57. The minimum atomic E-state index is -5.06. The highest BCUT2D eigenvalue weighted by Gasteiger charge is 2.37. The summed E-state index contributed by atoms with van der Waals surface area (Å²) < 4.78 is 82.5. The van der Waals surface area contributed by atoms with E-state index in [0.717, 1.165) is 18.4 Å². The van der Waals surface area contributed by atoms with Gasteiger partial charge in [0.1, 0.15) is 11.3 Å². The van der Waals surface area contributed by atoms with Crippen LogP contribution in [0.25, 0.3) is 0 Å². The molecule has 1 unspecified atom stereocenters. The van der Waals surface area contributed by atoms with Crippen molar-refractivity contribution in [2.24, 2.45) is 11.8 Å². The Kier molecular flexibility index (Phi) is 8.97. The van der Waals surface area contributed by atoms with E-state index in [1.165, 1.54) is 6.08 Å². The fourth-order valence-electron chi connectivity index (χ4n) is 3.06. The minimum Gasteiger partial charge on any atom is -0.422 e. The van der Waals surface area contributed by atoms with Crippen LogP contribution in [-0.2, 0) is 17.1 Å². The van der Waals surface area contributed by atoms with Crippen molar-refractivity contribution >= 4 is 5.97 Å². The monoisotopic (exact) mass is 446 g/mol. The van der Waals surface area contributed by atoms with Gasteiger partial charge in [-0.05, 0) is 49.5 Å². The van der Waals surface area contributed by atoms with Gasteiger partial charge >= 0.3 is 18.3 Å². The van der Waals surface area contributed by atoms with E-state index in [1.54, 1.807) is 6.08 Å². The Hall–Kier alpha value is -2.69. The maximum absolute atomic E-state index is 13.0. The predicted octanol–water partition coefficient (Wildman–Crippen LogP) is 7.21. The summed E-state index contributed by atoms with van der Waals surface area (Å²) in [5.74, 6) is 0.497. The lowest BCUT2D eigenvalue weighted by atomic mass is 9.85. The third kappa shape index (κ3) is 7.82. The number of carbonyl (C=O) groups excluding carboxylic acids is 1. The molecule has 0 aliphatic rings. The lowest BCUT2D eigenvalue weighted by Gasteiger charge is -2.21. The standard InChI is InChI=1S/C23H24F6O2/c1-6-8-20(14(3)4)15(5)9-10-16(7-2)21(30)31-19-12-17(22(24,25)26)11-18(13-19)23(27,28)29/h2,9-14,20H,6,8H2,1,3-5H3. The van der Waals surface area contributed by atoms with Crippen LogP contribution in [0.5, 0.6) is 5.75 Å². The molecule has 0 fully saturated rings. The van der Waals surface area contributed by atoms with Gasteiger partial charge in [-0.3, -0.25) is 0 Å². The van der Waals surface area contributed by atoms with E-state index < -0.39 is 35.2 Å². The van der Waals surface area contributed by atoms with Crippen LogP contribution < -0.4 is 4.74 Å². The van der Waals surface area contributed by atoms with Crippen LogP contribution in [0.2, 0.25) is 0 Å². The second-order valence-corrected chi connectivity index (χ2v) is 7.41. The normalized spacial score (nSPS) is 14.4. The molecule has 0 N–H and O–H groups in total. The number of benzene rings is 1. The molecule has 8 heteroatoms. The van der Waals surface area contributed by atoms with E-state index in [2.05, 4.69) is 5.92 Å². The van der Waals surface area contributed by atoms with Crippen LogP contribution in [0, 0.1) is 24.2 Å². The van der Waals surface area contributed by atoms with E-state index in [9.17, 15) is 31.1 Å². The van der Waals surface area contributed by atoms with Gasteiger partial charge in [0.25, 0.3) is 0 Å². The summed E-state index contributed by atoms with van der Waals surface area (Å²) in [5, 5.41) is 0. The third-order valence-electron chi connectivity index (χ3n) is 4.65. The zero-order valence-electron chi connectivity index (χ0n) is 17.6. The van der Waals surface area contributed by atoms with Crippen LogP contribution in [0.1, 0.15) is 51.7 Å². The summed E-state index contributed by atoms with van der Waals surface area (Å²) in [6.45, 7) is 7.99. The number of carbonyl (C=O) groups is 1. The maximum atomic E-state index is 13.0. The first-order chi connectivity index (χ1) is 14.2. The van der Waals surface area contributed by atoms with Crippen LogP contribution in [0.3, 0.4) is 0 Å². The molecular formula is C23H24F6O2. The van der Waals surface area contributed by atoms with Gasteiger partial charge in [0.05, 0.1) is 11.1 Å². The Morgan fingerprint density at radius 3 is 1.97 bits per heavy atom. The lowest BCUT2D eigenvalue weighted by molar-refractivity contribution is -0.144. The number of alkyl halides is 6. The van der Waals surface area contributed by atoms with Gasteiger partial charge in [-0.1, -0.05) is 44.8 Å². The van der Waals surface area contributed by atoms with Gasteiger partial charge in [-0.15, -0.1) is 6.42 Å². The summed E-state index contributed by atoms with van der Waals surface area (Å²) in [6, 6.07) is 0.581. The average molecular weight is 446 g/mol. The minimum absolute atomic E-state index is 0.0544. The summed E-state index contributed by atoms with van der Waals surface area (Å²) in [7, 11) is 0. The molecule has 0 aliphatic carbocycles. The molecule has 170 valence electrons. The number of hydrogen-bond donors (Lipinski definition) is 0. The third-order valence-corrected chi connectivity index (χ3v) is 4.65. The molecule has 0 radical (unpaired) electrons. The summed E-state index contributed by atoms with van der Waals surface area (Å²) in [6.07, 6.45) is -0.0686. The molecule has 1 aromatic rings. The predicted molar refractivity (Wildman–Crippen MR) is 106 cm³/mol. The Bertz CT molecular complexity index is 851. The Morgan fingerprint density at radius 2 is 1.58 bits per heavy atom. The van der Waals surface area contributed by atoms with Crippen molar-refractivity contribution in [1.29, 1.82) is 0 Å². The molecule has 0 heterocycles. The number of ether oxygens (including phenoxy) is 1. The lowest BCUT2D eigenvalue weighted by Crippen LogP contribution is -2.14. The van der Waals surface area contributed by atoms with Crippen LogP contribution >= 0.6 is 0 Å². The summed E-state index contributed by atoms with van der Waals surface area (Å²) in [5.41, 5.74) is -2.57. The van der Waals surface area contributed by atoms with Gasteiger partial charge in [-0.2, -0.15) is 26.3 Å². The Labute approximate surface area is 178 Å². The molecule has 0 amide bonds. The summed E-state index contributed by atoms with van der Waals surface area (Å²) >= 11 is 0. The maximum Gasteiger partial charge on any atom is 0.416 e. The Morgan fingerprint density at radius 1 is 1.06 bits per heavy atom. The van der Waals surface area contributed by atoms with E-state index >= 15 is 0 Å². The molecule has 1 aromatic carbocycles. The quantitative estimate of drug-likeness (QED) is 0.110. The molecule has 0 aromatic heterocycles. The number of allylic oxidation sites excluding steroid dienone is 3. The number of esters is 1. The van der Waals surface area contributed by atoms with Crippen molar-refractivity contribution in [3.8, 4) is 18.1 Å². The molecule has 0 aliphatic heterocycles. The SMILES string of the molecule is C#CC(=CC=C(C)C(CCC)C(C)C)C(=O)Oc1cc(C(F)(F)F)cc(C(F)(F)F)c1. The largest absolute Gasteiger partial charge is 0.422 e. The topological polar surface area (TPSA) is 26.3 Å². The fourth-order valence-corrected chi connectivity index (χ4v) is 3.06. The fraction of sp³-hybridized carbons (Fsp3) is 0.435. The molecule has 0 saturated heterocycles. The van der Waals surface area contributed by atoms with E-state index in [0.29, 0.717) is 18.1 Å². The molecule has 0 saturated carbocycles. The molecular weight excluding hydrogens is 422 g/mol. The second kappa shape index (κ2) is 10.6. The summed E-state index contributed by atoms with van der Waals surface area (Å²) in [4.78, 5) is 12.3. The number of rotatable bonds is 7. The molecule has 1 atom stereocenters. The molecule has 1 rings (SSSR count).